The van der Waals surface area contributed by atoms with Crippen molar-refractivity contribution in [1.29, 1.82) is 0 Å². The zero-order chi connectivity index (χ0) is 31.5. The molecule has 0 fully saturated rings. The van der Waals surface area contributed by atoms with E-state index in [2.05, 4.69) is 156 Å². The van der Waals surface area contributed by atoms with E-state index in [9.17, 15) is 0 Å². The molecular formula is C45H40N2. The van der Waals surface area contributed by atoms with Crippen molar-refractivity contribution in [2.24, 2.45) is 5.92 Å². The summed E-state index contributed by atoms with van der Waals surface area (Å²) in [6.07, 6.45) is 6.33. The summed E-state index contributed by atoms with van der Waals surface area (Å²) in [7, 11) is 0. The maximum absolute atomic E-state index is 2.48. The van der Waals surface area contributed by atoms with E-state index in [-0.39, 0.29) is 0 Å². The van der Waals surface area contributed by atoms with Crippen molar-refractivity contribution < 1.29 is 0 Å². The Morgan fingerprint density at radius 3 is 1.30 bits per heavy atom. The van der Waals surface area contributed by atoms with E-state index >= 15 is 0 Å². The van der Waals surface area contributed by atoms with Crippen molar-refractivity contribution in [3.05, 3.63) is 145 Å². The number of fused-ring (bicyclic) bond motifs is 9. The molecule has 0 spiro atoms. The summed E-state index contributed by atoms with van der Waals surface area (Å²) < 4.78 is 4.93. The van der Waals surface area contributed by atoms with Crippen LogP contribution in [0.4, 0.5) is 0 Å². The lowest BCUT2D eigenvalue weighted by Gasteiger charge is -2.21. The van der Waals surface area contributed by atoms with E-state index in [0.29, 0.717) is 5.92 Å². The van der Waals surface area contributed by atoms with Crippen molar-refractivity contribution in [3.63, 3.8) is 0 Å². The number of rotatable bonds is 8. The number of unbranched alkanes of at least 4 members (excludes halogenated alkanes) is 1. The molecule has 8 aromatic rings. The van der Waals surface area contributed by atoms with Gasteiger partial charge in [-0.05, 0) is 83.1 Å². The van der Waals surface area contributed by atoms with Gasteiger partial charge in [-0.1, -0.05) is 124 Å². The molecule has 2 heterocycles. The third-order valence-corrected chi connectivity index (χ3v) is 10.9. The fraction of sp³-hybridized carbons (Fsp3) is 0.200. The minimum Gasteiger partial charge on any atom is -0.309 e. The molecule has 0 saturated carbocycles. The Balaban J connectivity index is 1.26. The second kappa shape index (κ2) is 11.3. The summed E-state index contributed by atoms with van der Waals surface area (Å²) in [4.78, 5) is 0. The molecule has 1 aliphatic carbocycles. The van der Waals surface area contributed by atoms with Crippen molar-refractivity contribution in [1.82, 2.24) is 9.13 Å². The lowest BCUT2D eigenvalue weighted by atomic mass is 9.83. The molecule has 2 heteroatoms. The first kappa shape index (κ1) is 28.2. The van der Waals surface area contributed by atoms with E-state index < -0.39 is 0 Å². The molecule has 9 rings (SSSR count). The third kappa shape index (κ3) is 4.38. The average Bonchev–Trinajstić information content (AvgIpc) is 3.75. The molecule has 1 unspecified atom stereocenters. The SMILES string of the molecule is CCCCC(CC)CC1c2ccc(-n3c4ccccc4c4ccccc43)cc2-c2cc(-n3c4ccccc4c4ccccc43)ccc21. The zero-order valence-corrected chi connectivity index (χ0v) is 27.3. The quantitative estimate of drug-likeness (QED) is 0.162. The highest BCUT2D eigenvalue weighted by Gasteiger charge is 2.31. The molecule has 1 atom stereocenters. The van der Waals surface area contributed by atoms with Crippen molar-refractivity contribution in [2.45, 2.75) is 51.9 Å². The average molecular weight is 609 g/mol. The first-order chi connectivity index (χ1) is 23.2. The second-order valence-corrected chi connectivity index (χ2v) is 13.5. The Morgan fingerprint density at radius 2 is 0.915 bits per heavy atom. The maximum atomic E-state index is 2.48. The van der Waals surface area contributed by atoms with Gasteiger partial charge in [-0.2, -0.15) is 0 Å². The van der Waals surface area contributed by atoms with Gasteiger partial charge in [-0.3, -0.25) is 0 Å². The molecule has 0 radical (unpaired) electrons. The highest BCUT2D eigenvalue weighted by atomic mass is 15.0. The Bertz CT molecular complexity index is 2170. The number of hydrogen-bond donors (Lipinski definition) is 0. The lowest BCUT2D eigenvalue weighted by Crippen LogP contribution is -2.07. The Morgan fingerprint density at radius 1 is 0.511 bits per heavy atom. The van der Waals surface area contributed by atoms with Crippen LogP contribution in [-0.4, -0.2) is 9.13 Å². The predicted molar refractivity (Wildman–Crippen MR) is 200 cm³/mol. The van der Waals surface area contributed by atoms with Crippen LogP contribution in [0.5, 0.6) is 0 Å². The molecule has 0 bridgehead atoms. The van der Waals surface area contributed by atoms with Crippen molar-refractivity contribution >= 4 is 43.6 Å². The first-order valence-corrected chi connectivity index (χ1v) is 17.5. The van der Waals surface area contributed by atoms with Gasteiger partial charge in [0.2, 0.25) is 0 Å². The molecule has 0 N–H and O–H groups in total. The van der Waals surface area contributed by atoms with Gasteiger partial charge in [0.25, 0.3) is 0 Å². The van der Waals surface area contributed by atoms with Gasteiger partial charge in [0.15, 0.2) is 0 Å². The third-order valence-electron chi connectivity index (χ3n) is 10.9. The zero-order valence-electron chi connectivity index (χ0n) is 27.3. The standard InChI is InChI=1S/C45H40N2/c1-3-5-14-30(4-2)27-39-33-25-23-31(46-42-19-10-6-15-35(42)36-16-7-11-20-43(36)46)28-40(33)41-29-32(24-26-34(39)41)47-44-21-12-8-17-37(44)38-18-9-13-22-45(38)47/h6-13,15-26,28-30,39H,3-5,14,27H2,1-2H3. The maximum Gasteiger partial charge on any atom is 0.0541 e. The van der Waals surface area contributed by atoms with Crippen LogP contribution in [-0.2, 0) is 0 Å². The summed E-state index contributed by atoms with van der Waals surface area (Å²) in [6.45, 7) is 4.70. The van der Waals surface area contributed by atoms with E-state index in [1.807, 2.05) is 0 Å². The van der Waals surface area contributed by atoms with Gasteiger partial charge in [-0.15, -0.1) is 0 Å². The summed E-state index contributed by atoms with van der Waals surface area (Å²) >= 11 is 0. The van der Waals surface area contributed by atoms with E-state index in [0.717, 1.165) is 5.92 Å². The second-order valence-electron chi connectivity index (χ2n) is 13.5. The van der Waals surface area contributed by atoms with Gasteiger partial charge >= 0.3 is 0 Å². The molecule has 1 aliphatic rings. The monoisotopic (exact) mass is 608 g/mol. The molecule has 47 heavy (non-hydrogen) atoms. The first-order valence-electron chi connectivity index (χ1n) is 17.5. The van der Waals surface area contributed by atoms with Gasteiger partial charge in [0.05, 0.1) is 22.1 Å². The van der Waals surface area contributed by atoms with E-state index in [4.69, 9.17) is 0 Å². The van der Waals surface area contributed by atoms with Crippen LogP contribution >= 0.6 is 0 Å². The minimum absolute atomic E-state index is 0.418. The van der Waals surface area contributed by atoms with Gasteiger partial charge in [-0.25, -0.2) is 0 Å². The van der Waals surface area contributed by atoms with Crippen LogP contribution in [0.1, 0.15) is 63.0 Å². The Labute approximate surface area is 276 Å². The van der Waals surface area contributed by atoms with Gasteiger partial charge in [0, 0.05) is 38.8 Å². The number of benzene rings is 6. The number of nitrogens with zero attached hydrogens (tertiary/aromatic N) is 2. The molecule has 0 amide bonds. The number of hydrogen-bond acceptors (Lipinski definition) is 0. The summed E-state index contributed by atoms with van der Waals surface area (Å²) in [6, 6.07) is 50.0. The fourth-order valence-electron chi connectivity index (χ4n) is 8.58. The highest BCUT2D eigenvalue weighted by Crippen LogP contribution is 2.50. The number of aromatic nitrogens is 2. The normalized spacial score (nSPS) is 13.6. The minimum atomic E-state index is 0.418. The lowest BCUT2D eigenvalue weighted by molar-refractivity contribution is 0.404. The molecule has 2 nitrogen and oxygen atoms in total. The summed E-state index contributed by atoms with van der Waals surface area (Å²) in [5.74, 6) is 1.15. The van der Waals surface area contributed by atoms with Crippen LogP contribution in [0.3, 0.4) is 0 Å². The van der Waals surface area contributed by atoms with Crippen LogP contribution < -0.4 is 0 Å². The summed E-state index contributed by atoms with van der Waals surface area (Å²) in [5, 5.41) is 5.21. The molecule has 0 aliphatic heterocycles. The molecular weight excluding hydrogens is 569 g/mol. The van der Waals surface area contributed by atoms with Crippen LogP contribution in [0.25, 0.3) is 66.1 Å². The largest absolute Gasteiger partial charge is 0.309 e. The topological polar surface area (TPSA) is 9.86 Å². The molecule has 6 aromatic carbocycles. The Hall–Kier alpha value is -5.08. The van der Waals surface area contributed by atoms with E-state index in [1.54, 1.807) is 0 Å². The van der Waals surface area contributed by atoms with E-state index in [1.165, 1.54) is 109 Å². The van der Waals surface area contributed by atoms with Crippen LogP contribution in [0.15, 0.2) is 133 Å². The smallest absolute Gasteiger partial charge is 0.0541 e. The fourth-order valence-corrected chi connectivity index (χ4v) is 8.58. The van der Waals surface area contributed by atoms with Crippen LogP contribution in [0, 0.1) is 5.92 Å². The summed E-state index contributed by atoms with van der Waals surface area (Å²) in [5.41, 5.74) is 13.2. The number of para-hydroxylation sites is 4. The van der Waals surface area contributed by atoms with Crippen molar-refractivity contribution in [3.8, 4) is 22.5 Å². The van der Waals surface area contributed by atoms with Gasteiger partial charge < -0.3 is 9.13 Å². The highest BCUT2D eigenvalue weighted by molar-refractivity contribution is 6.10. The molecule has 2 aromatic heterocycles. The van der Waals surface area contributed by atoms with Gasteiger partial charge in [0.1, 0.15) is 0 Å². The Kier molecular flexibility index (Phi) is 6.78. The molecule has 0 saturated heterocycles. The van der Waals surface area contributed by atoms with Crippen molar-refractivity contribution in [2.75, 3.05) is 0 Å². The predicted octanol–water partition coefficient (Wildman–Crippen LogP) is 12.6. The molecule has 230 valence electrons. The van der Waals surface area contributed by atoms with Crippen LogP contribution in [0.2, 0.25) is 0 Å².